The average Bonchev–Trinajstić information content (AvgIpc) is 3.23. The van der Waals surface area contributed by atoms with Gasteiger partial charge >= 0.3 is 0 Å². The van der Waals surface area contributed by atoms with Crippen LogP contribution in [0.15, 0.2) is 10.5 Å². The summed E-state index contributed by atoms with van der Waals surface area (Å²) in [6.07, 6.45) is 4.22. The van der Waals surface area contributed by atoms with Gasteiger partial charge in [-0.25, -0.2) is 0 Å². The van der Waals surface area contributed by atoms with Crippen LogP contribution in [0.1, 0.15) is 44.2 Å². The Bertz CT molecular complexity index is 524. The average molecular weight is 340 g/mol. The van der Waals surface area contributed by atoms with Crippen LogP contribution in [0.25, 0.3) is 0 Å². The van der Waals surface area contributed by atoms with Crippen molar-refractivity contribution in [3.05, 3.63) is 21.7 Å². The summed E-state index contributed by atoms with van der Waals surface area (Å²) in [6.45, 7) is 5.73. The van der Waals surface area contributed by atoms with E-state index in [0.29, 0.717) is 6.61 Å². The SMILES string of the molecule is CCc1c(C2(C(C)N)CC2)cc(Br)c2c1OCCCO2. The Hall–Kier alpha value is -0.740. The van der Waals surface area contributed by atoms with Crippen LogP contribution < -0.4 is 15.2 Å². The lowest BCUT2D eigenvalue weighted by atomic mass is 9.84. The highest BCUT2D eigenvalue weighted by atomic mass is 79.9. The zero-order chi connectivity index (χ0) is 14.3. The highest BCUT2D eigenvalue weighted by Gasteiger charge is 2.49. The lowest BCUT2D eigenvalue weighted by molar-refractivity contribution is 0.295. The first-order valence-corrected chi connectivity index (χ1v) is 8.26. The molecule has 0 bridgehead atoms. The number of ether oxygens (including phenoxy) is 2. The number of halogens is 1. The van der Waals surface area contributed by atoms with Gasteiger partial charge in [0.2, 0.25) is 0 Å². The maximum atomic E-state index is 6.26. The summed E-state index contributed by atoms with van der Waals surface area (Å²) in [4.78, 5) is 0. The predicted octanol–water partition coefficient (Wildman–Crippen LogP) is 3.55. The molecule has 20 heavy (non-hydrogen) atoms. The van der Waals surface area contributed by atoms with Crippen molar-refractivity contribution in [2.24, 2.45) is 5.73 Å². The van der Waals surface area contributed by atoms with Crippen molar-refractivity contribution in [3.8, 4) is 11.5 Å². The van der Waals surface area contributed by atoms with E-state index in [1.54, 1.807) is 0 Å². The van der Waals surface area contributed by atoms with Gasteiger partial charge in [0.1, 0.15) is 0 Å². The molecular formula is C16H22BrNO2. The fraction of sp³-hybridized carbons (Fsp3) is 0.625. The molecule has 1 aromatic rings. The second-order valence-corrected chi connectivity index (χ2v) is 6.75. The van der Waals surface area contributed by atoms with Gasteiger partial charge in [-0.05, 0) is 53.7 Å². The number of nitrogens with two attached hydrogens (primary N) is 1. The van der Waals surface area contributed by atoms with E-state index in [9.17, 15) is 0 Å². The molecule has 2 aliphatic rings. The van der Waals surface area contributed by atoms with Crippen LogP contribution in [0.4, 0.5) is 0 Å². The Kier molecular flexibility index (Phi) is 3.71. The normalized spacial score (nSPS) is 21.2. The summed E-state index contributed by atoms with van der Waals surface area (Å²) in [6, 6.07) is 2.38. The molecule has 4 heteroatoms. The first kappa shape index (κ1) is 14.2. The third kappa shape index (κ3) is 2.13. The molecule has 2 N–H and O–H groups in total. The van der Waals surface area contributed by atoms with Crippen LogP contribution in [0.3, 0.4) is 0 Å². The van der Waals surface area contributed by atoms with Crippen molar-refractivity contribution >= 4 is 15.9 Å². The van der Waals surface area contributed by atoms with E-state index in [0.717, 1.165) is 35.4 Å². The van der Waals surface area contributed by atoms with Crippen LogP contribution in [0.2, 0.25) is 0 Å². The fourth-order valence-corrected chi connectivity index (χ4v) is 3.77. The zero-order valence-corrected chi connectivity index (χ0v) is 13.8. The molecule has 3 nitrogen and oxygen atoms in total. The highest BCUT2D eigenvalue weighted by molar-refractivity contribution is 9.10. The van der Waals surface area contributed by atoms with Crippen LogP contribution >= 0.6 is 15.9 Å². The fourth-order valence-electron chi connectivity index (χ4n) is 3.24. The van der Waals surface area contributed by atoms with Crippen LogP contribution in [0, 0.1) is 0 Å². The Morgan fingerprint density at radius 2 is 1.95 bits per heavy atom. The minimum Gasteiger partial charge on any atom is -0.489 e. The van der Waals surface area contributed by atoms with E-state index in [4.69, 9.17) is 15.2 Å². The molecule has 1 aliphatic heterocycles. The van der Waals surface area contributed by atoms with Crippen molar-refractivity contribution in [1.29, 1.82) is 0 Å². The topological polar surface area (TPSA) is 44.5 Å². The number of fused-ring (bicyclic) bond motifs is 1. The summed E-state index contributed by atoms with van der Waals surface area (Å²) in [5.41, 5.74) is 9.03. The third-order valence-electron chi connectivity index (χ3n) is 4.63. The second-order valence-electron chi connectivity index (χ2n) is 5.89. The summed E-state index contributed by atoms with van der Waals surface area (Å²) in [5.74, 6) is 1.80. The van der Waals surface area contributed by atoms with Gasteiger partial charge in [0.25, 0.3) is 0 Å². The van der Waals surface area contributed by atoms with Crippen molar-refractivity contribution in [2.75, 3.05) is 13.2 Å². The largest absolute Gasteiger partial charge is 0.489 e. The molecule has 110 valence electrons. The monoisotopic (exact) mass is 339 g/mol. The summed E-state index contributed by atoms with van der Waals surface area (Å²) in [7, 11) is 0. The quantitative estimate of drug-likeness (QED) is 0.915. The maximum absolute atomic E-state index is 6.26. The van der Waals surface area contributed by atoms with Crippen molar-refractivity contribution in [1.82, 2.24) is 0 Å². The van der Waals surface area contributed by atoms with Gasteiger partial charge in [0, 0.05) is 23.4 Å². The highest BCUT2D eigenvalue weighted by Crippen LogP contribution is 2.55. The van der Waals surface area contributed by atoms with Crippen LogP contribution in [0.5, 0.6) is 11.5 Å². The van der Waals surface area contributed by atoms with E-state index in [2.05, 4.69) is 35.8 Å². The van der Waals surface area contributed by atoms with Gasteiger partial charge in [-0.15, -0.1) is 0 Å². The van der Waals surface area contributed by atoms with E-state index < -0.39 is 0 Å². The van der Waals surface area contributed by atoms with Crippen molar-refractivity contribution < 1.29 is 9.47 Å². The summed E-state index contributed by atoms with van der Waals surface area (Å²) < 4.78 is 12.9. The Morgan fingerprint density at radius 3 is 2.50 bits per heavy atom. The second kappa shape index (κ2) is 5.23. The van der Waals surface area contributed by atoms with Gasteiger partial charge in [0.05, 0.1) is 17.7 Å². The Labute approximate surface area is 129 Å². The Morgan fingerprint density at radius 1 is 1.30 bits per heavy atom. The molecule has 0 radical (unpaired) electrons. The van der Waals surface area contributed by atoms with E-state index in [1.807, 2.05) is 0 Å². The third-order valence-corrected chi connectivity index (χ3v) is 5.21. The number of hydrogen-bond donors (Lipinski definition) is 1. The van der Waals surface area contributed by atoms with Crippen LogP contribution in [-0.2, 0) is 11.8 Å². The van der Waals surface area contributed by atoms with E-state index >= 15 is 0 Å². The van der Waals surface area contributed by atoms with E-state index in [-0.39, 0.29) is 11.5 Å². The molecule has 3 rings (SSSR count). The summed E-state index contributed by atoms with van der Waals surface area (Å²) in [5, 5.41) is 0. The van der Waals surface area contributed by atoms with Crippen LogP contribution in [-0.4, -0.2) is 19.3 Å². The molecular weight excluding hydrogens is 318 g/mol. The van der Waals surface area contributed by atoms with E-state index in [1.165, 1.54) is 24.0 Å². The molecule has 1 heterocycles. The molecule has 0 aromatic heterocycles. The van der Waals surface area contributed by atoms with Gasteiger partial charge < -0.3 is 15.2 Å². The number of rotatable bonds is 3. The standard InChI is InChI=1S/C16H22BrNO2/c1-3-11-12(16(5-6-16)10(2)18)9-13(17)15-14(11)19-7-4-8-20-15/h9-10H,3-8,18H2,1-2H3. The summed E-state index contributed by atoms with van der Waals surface area (Å²) >= 11 is 3.65. The first-order valence-electron chi connectivity index (χ1n) is 7.47. The molecule has 0 spiro atoms. The van der Waals surface area contributed by atoms with Gasteiger partial charge in [-0.2, -0.15) is 0 Å². The minimum atomic E-state index is 0.137. The van der Waals surface area contributed by atoms with Crippen molar-refractivity contribution in [3.63, 3.8) is 0 Å². The number of benzene rings is 1. The molecule has 1 unspecified atom stereocenters. The van der Waals surface area contributed by atoms with Gasteiger partial charge in [0.15, 0.2) is 11.5 Å². The first-order chi connectivity index (χ1) is 9.60. The molecule has 1 aliphatic carbocycles. The lowest BCUT2D eigenvalue weighted by Gasteiger charge is -2.26. The molecule has 0 amide bonds. The Balaban J connectivity index is 2.17. The van der Waals surface area contributed by atoms with Crippen molar-refractivity contribution in [2.45, 2.75) is 51.0 Å². The molecule has 1 saturated carbocycles. The molecule has 1 atom stereocenters. The number of hydrogen-bond acceptors (Lipinski definition) is 3. The maximum Gasteiger partial charge on any atom is 0.175 e. The lowest BCUT2D eigenvalue weighted by Crippen LogP contribution is -2.32. The van der Waals surface area contributed by atoms with Gasteiger partial charge in [-0.3, -0.25) is 0 Å². The predicted molar refractivity (Wildman–Crippen MR) is 83.7 cm³/mol. The zero-order valence-electron chi connectivity index (χ0n) is 12.2. The van der Waals surface area contributed by atoms with Gasteiger partial charge in [-0.1, -0.05) is 6.92 Å². The minimum absolute atomic E-state index is 0.137. The molecule has 1 aromatic carbocycles. The molecule has 0 saturated heterocycles. The smallest absolute Gasteiger partial charge is 0.175 e. The molecule has 1 fully saturated rings.